The maximum atomic E-state index is 11.8. The number of piperidine rings is 1. The Balaban J connectivity index is 1.78. The minimum Gasteiger partial charge on any atom is -0.302 e. The largest absolute Gasteiger partial charge is 0.302 e. The fourth-order valence-corrected chi connectivity index (χ4v) is 4.36. The van der Waals surface area contributed by atoms with Crippen molar-refractivity contribution in [3.63, 3.8) is 0 Å². The van der Waals surface area contributed by atoms with Crippen molar-refractivity contribution in [2.24, 2.45) is 5.92 Å². The number of likely N-dealkylation sites (tertiary alicyclic amines) is 1. The number of nitrogens with zero attached hydrogens (tertiary/aromatic N) is 1. The van der Waals surface area contributed by atoms with E-state index < -0.39 is 0 Å². The molecule has 2 aliphatic rings. The van der Waals surface area contributed by atoms with Crippen LogP contribution in [0.5, 0.6) is 0 Å². The van der Waals surface area contributed by atoms with Gasteiger partial charge in [0.05, 0.1) is 5.41 Å². The highest BCUT2D eigenvalue weighted by Gasteiger charge is 2.37. The summed E-state index contributed by atoms with van der Waals surface area (Å²) in [5, 5.41) is 0. The molecule has 1 aromatic carbocycles. The Hall–Kier alpha value is -1.15. The topological polar surface area (TPSA) is 20.3 Å². The zero-order valence-electron chi connectivity index (χ0n) is 13.1. The van der Waals surface area contributed by atoms with Gasteiger partial charge in [-0.05, 0) is 50.6 Å². The molecule has 0 spiro atoms. The van der Waals surface area contributed by atoms with Crippen LogP contribution in [0.15, 0.2) is 30.3 Å². The first kappa shape index (κ1) is 14.8. The zero-order chi connectivity index (χ0) is 14.7. The highest BCUT2D eigenvalue weighted by atomic mass is 16.1. The molecule has 3 rings (SSSR count). The predicted molar refractivity (Wildman–Crippen MR) is 86.4 cm³/mol. The Bertz CT molecular complexity index is 470. The lowest BCUT2D eigenvalue weighted by Gasteiger charge is -2.46. The van der Waals surface area contributed by atoms with E-state index in [1.807, 2.05) is 18.2 Å². The average Bonchev–Trinajstić information content (AvgIpc) is 2.56. The van der Waals surface area contributed by atoms with Gasteiger partial charge in [0, 0.05) is 12.6 Å². The molecule has 2 nitrogen and oxygen atoms in total. The van der Waals surface area contributed by atoms with Gasteiger partial charge in [-0.1, -0.05) is 43.2 Å². The number of carbonyl (C=O) groups is 1. The summed E-state index contributed by atoms with van der Waals surface area (Å²) in [6.07, 6.45) is 9.34. The SMILES string of the molecule is CC(C=O)(CN1CCC[C@H]2CCCC[C@H]21)c1ccccc1. The lowest BCUT2D eigenvalue weighted by atomic mass is 9.76. The van der Waals surface area contributed by atoms with E-state index in [1.165, 1.54) is 38.5 Å². The molecule has 1 saturated heterocycles. The summed E-state index contributed by atoms with van der Waals surface area (Å²) in [6.45, 7) is 4.14. The molecule has 2 heteroatoms. The average molecular weight is 285 g/mol. The number of fused-ring (bicyclic) bond motifs is 1. The molecule has 21 heavy (non-hydrogen) atoms. The Morgan fingerprint density at radius 1 is 1.14 bits per heavy atom. The summed E-state index contributed by atoms with van der Waals surface area (Å²) in [6, 6.07) is 11.0. The number of aldehydes is 1. The van der Waals surface area contributed by atoms with Crippen LogP contribution in [0.25, 0.3) is 0 Å². The van der Waals surface area contributed by atoms with Gasteiger partial charge in [-0.25, -0.2) is 0 Å². The predicted octanol–water partition coefficient (Wildman–Crippen LogP) is 3.80. The quantitative estimate of drug-likeness (QED) is 0.784. The van der Waals surface area contributed by atoms with Crippen LogP contribution in [0.1, 0.15) is 51.0 Å². The van der Waals surface area contributed by atoms with E-state index in [1.54, 1.807) is 0 Å². The van der Waals surface area contributed by atoms with E-state index in [0.717, 1.165) is 36.9 Å². The third-order valence-corrected chi connectivity index (χ3v) is 5.58. The minimum absolute atomic E-state index is 0.374. The van der Waals surface area contributed by atoms with Crippen molar-refractivity contribution in [2.45, 2.75) is 56.9 Å². The number of rotatable bonds is 4. The van der Waals surface area contributed by atoms with Gasteiger partial charge in [0.2, 0.25) is 0 Å². The van der Waals surface area contributed by atoms with Crippen LogP contribution >= 0.6 is 0 Å². The zero-order valence-corrected chi connectivity index (χ0v) is 13.1. The van der Waals surface area contributed by atoms with Crippen LogP contribution in [-0.4, -0.2) is 30.3 Å². The first-order chi connectivity index (χ1) is 10.2. The Labute approximate surface area is 128 Å². The van der Waals surface area contributed by atoms with Gasteiger partial charge < -0.3 is 4.79 Å². The van der Waals surface area contributed by atoms with Crippen molar-refractivity contribution in [1.82, 2.24) is 4.90 Å². The molecule has 2 fully saturated rings. The Morgan fingerprint density at radius 2 is 1.86 bits per heavy atom. The smallest absolute Gasteiger partial charge is 0.131 e. The van der Waals surface area contributed by atoms with E-state index in [2.05, 4.69) is 24.0 Å². The van der Waals surface area contributed by atoms with Crippen molar-refractivity contribution in [2.75, 3.05) is 13.1 Å². The summed E-state index contributed by atoms with van der Waals surface area (Å²) < 4.78 is 0. The maximum absolute atomic E-state index is 11.8. The van der Waals surface area contributed by atoms with Gasteiger partial charge in [0.25, 0.3) is 0 Å². The molecular formula is C19H27NO. The molecule has 1 saturated carbocycles. The fraction of sp³-hybridized carbons (Fsp3) is 0.632. The van der Waals surface area contributed by atoms with Gasteiger partial charge in [-0.3, -0.25) is 4.90 Å². The fourth-order valence-electron chi connectivity index (χ4n) is 4.36. The number of benzene rings is 1. The molecule has 1 heterocycles. The highest BCUT2D eigenvalue weighted by molar-refractivity contribution is 5.68. The molecule has 1 aromatic rings. The van der Waals surface area contributed by atoms with E-state index in [4.69, 9.17) is 0 Å². The van der Waals surface area contributed by atoms with E-state index in [-0.39, 0.29) is 5.41 Å². The third kappa shape index (κ3) is 3.06. The van der Waals surface area contributed by atoms with Crippen LogP contribution in [0.4, 0.5) is 0 Å². The van der Waals surface area contributed by atoms with Crippen LogP contribution in [-0.2, 0) is 10.2 Å². The summed E-state index contributed by atoms with van der Waals surface area (Å²) in [5.41, 5.74) is 0.776. The number of carbonyl (C=O) groups excluding carboxylic acids is 1. The van der Waals surface area contributed by atoms with Crippen molar-refractivity contribution in [1.29, 1.82) is 0 Å². The lowest BCUT2D eigenvalue weighted by molar-refractivity contribution is -0.113. The van der Waals surface area contributed by atoms with Gasteiger partial charge in [-0.15, -0.1) is 0 Å². The molecule has 1 aliphatic carbocycles. The van der Waals surface area contributed by atoms with E-state index >= 15 is 0 Å². The standard InChI is InChI=1S/C19H27NO/c1-19(15-21,17-10-3-2-4-11-17)14-20-13-7-9-16-8-5-6-12-18(16)20/h2-4,10-11,15-16,18H,5-9,12-14H2,1H3/t16-,18-,19?/m1/s1. The Morgan fingerprint density at radius 3 is 2.62 bits per heavy atom. The molecule has 0 radical (unpaired) electrons. The molecule has 1 unspecified atom stereocenters. The van der Waals surface area contributed by atoms with Crippen LogP contribution in [0.3, 0.4) is 0 Å². The minimum atomic E-state index is -0.374. The first-order valence-corrected chi connectivity index (χ1v) is 8.49. The second-order valence-electron chi connectivity index (χ2n) is 7.13. The van der Waals surface area contributed by atoms with Gasteiger partial charge in [-0.2, -0.15) is 0 Å². The van der Waals surface area contributed by atoms with Crippen molar-refractivity contribution in [3.05, 3.63) is 35.9 Å². The van der Waals surface area contributed by atoms with Crippen molar-refractivity contribution >= 4 is 6.29 Å². The molecular weight excluding hydrogens is 258 g/mol. The van der Waals surface area contributed by atoms with Crippen LogP contribution < -0.4 is 0 Å². The third-order valence-electron chi connectivity index (χ3n) is 5.58. The molecule has 0 amide bonds. The first-order valence-electron chi connectivity index (χ1n) is 8.49. The lowest BCUT2D eigenvalue weighted by Crippen LogP contribution is -2.51. The molecule has 0 bridgehead atoms. The molecule has 0 aromatic heterocycles. The summed E-state index contributed by atoms with van der Waals surface area (Å²) in [7, 11) is 0. The van der Waals surface area contributed by atoms with Crippen LogP contribution in [0.2, 0.25) is 0 Å². The molecule has 3 atom stereocenters. The van der Waals surface area contributed by atoms with Crippen LogP contribution in [0, 0.1) is 5.92 Å². The van der Waals surface area contributed by atoms with Gasteiger partial charge in [0.1, 0.15) is 6.29 Å². The van der Waals surface area contributed by atoms with Crippen molar-refractivity contribution < 1.29 is 4.79 Å². The molecule has 1 aliphatic heterocycles. The summed E-state index contributed by atoms with van der Waals surface area (Å²) in [5.74, 6) is 0.874. The van der Waals surface area contributed by atoms with E-state index in [0.29, 0.717) is 0 Å². The van der Waals surface area contributed by atoms with E-state index in [9.17, 15) is 4.79 Å². The monoisotopic (exact) mass is 285 g/mol. The maximum Gasteiger partial charge on any atom is 0.131 e. The molecule has 114 valence electrons. The summed E-state index contributed by atoms with van der Waals surface area (Å²) in [4.78, 5) is 14.5. The summed E-state index contributed by atoms with van der Waals surface area (Å²) >= 11 is 0. The van der Waals surface area contributed by atoms with Gasteiger partial charge in [0.15, 0.2) is 0 Å². The molecule has 0 N–H and O–H groups in total. The number of hydrogen-bond acceptors (Lipinski definition) is 2. The normalized spacial score (nSPS) is 29.4. The highest BCUT2D eigenvalue weighted by Crippen LogP contribution is 2.37. The second-order valence-corrected chi connectivity index (χ2v) is 7.13. The Kier molecular flexibility index (Phi) is 4.44. The number of hydrogen-bond donors (Lipinski definition) is 0. The van der Waals surface area contributed by atoms with Gasteiger partial charge >= 0.3 is 0 Å². The second kappa shape index (κ2) is 6.31. The van der Waals surface area contributed by atoms with Crippen molar-refractivity contribution in [3.8, 4) is 0 Å².